The Balaban J connectivity index is 2.11. The van der Waals surface area contributed by atoms with E-state index in [4.69, 9.17) is 0 Å². The molecule has 0 saturated heterocycles. The van der Waals surface area contributed by atoms with E-state index < -0.39 is 0 Å². The molecule has 19 heavy (non-hydrogen) atoms. The Labute approximate surface area is 117 Å². The van der Waals surface area contributed by atoms with Crippen LogP contribution in [0.3, 0.4) is 0 Å². The molecule has 0 fully saturated rings. The second-order valence-electron chi connectivity index (χ2n) is 4.54. The van der Waals surface area contributed by atoms with Crippen LogP contribution in [0.4, 0.5) is 15.8 Å². The second kappa shape index (κ2) is 5.84. The number of amides is 1. The first-order valence-corrected chi connectivity index (χ1v) is 6.95. The fraction of sp³-hybridized carbons (Fsp3) is 0.286. The normalized spacial score (nSPS) is 10.5. The van der Waals surface area contributed by atoms with Gasteiger partial charge in [0.25, 0.3) is 0 Å². The van der Waals surface area contributed by atoms with Crippen LogP contribution in [-0.2, 0) is 4.79 Å². The maximum Gasteiger partial charge on any atom is 0.228 e. The summed E-state index contributed by atoms with van der Waals surface area (Å²) in [6, 6.07) is 10.0. The van der Waals surface area contributed by atoms with Gasteiger partial charge in [0, 0.05) is 18.7 Å². The first kappa shape index (κ1) is 13.5. The minimum Gasteiger partial charge on any atom is -0.335 e. The maximum atomic E-state index is 11.6. The van der Waals surface area contributed by atoms with Gasteiger partial charge in [0.05, 0.1) is 6.20 Å². The van der Waals surface area contributed by atoms with Gasteiger partial charge < -0.3 is 10.2 Å². The van der Waals surface area contributed by atoms with Crippen molar-refractivity contribution in [2.24, 2.45) is 5.92 Å². The molecule has 1 heterocycles. The van der Waals surface area contributed by atoms with Gasteiger partial charge in [-0.05, 0) is 12.1 Å². The summed E-state index contributed by atoms with van der Waals surface area (Å²) in [6.07, 6.45) is 1.77. The van der Waals surface area contributed by atoms with Crippen molar-refractivity contribution in [1.29, 1.82) is 0 Å². The number of nitrogens with one attached hydrogen (secondary N) is 1. The van der Waals surface area contributed by atoms with Crippen molar-refractivity contribution in [1.82, 2.24) is 4.98 Å². The molecule has 0 atom stereocenters. The van der Waals surface area contributed by atoms with Gasteiger partial charge in [0.2, 0.25) is 5.91 Å². The number of carbonyl (C=O) groups is 1. The van der Waals surface area contributed by atoms with E-state index in [-0.39, 0.29) is 11.8 Å². The Hall–Kier alpha value is -1.88. The van der Waals surface area contributed by atoms with Crippen LogP contribution in [0.25, 0.3) is 0 Å². The number of hydrogen-bond donors (Lipinski definition) is 1. The minimum atomic E-state index is -0.0424. The molecule has 0 aliphatic heterocycles. The summed E-state index contributed by atoms with van der Waals surface area (Å²) in [4.78, 5) is 17.9. The van der Waals surface area contributed by atoms with Crippen LogP contribution in [0.5, 0.6) is 0 Å². The summed E-state index contributed by atoms with van der Waals surface area (Å²) in [7, 11) is 1.98. The highest BCUT2D eigenvalue weighted by molar-refractivity contribution is 7.19. The number of thiazole rings is 1. The number of carbonyl (C=O) groups excluding carboxylic acids is 1. The Morgan fingerprint density at radius 2 is 2.00 bits per heavy atom. The molecule has 2 aromatic rings. The lowest BCUT2D eigenvalue weighted by Crippen LogP contribution is -2.17. The molecule has 4 nitrogen and oxygen atoms in total. The van der Waals surface area contributed by atoms with Gasteiger partial charge in [-0.25, -0.2) is 4.98 Å². The van der Waals surface area contributed by atoms with Crippen molar-refractivity contribution in [2.75, 3.05) is 17.3 Å². The lowest BCUT2D eigenvalue weighted by Gasteiger charge is -2.15. The first-order valence-electron chi connectivity index (χ1n) is 6.13. The van der Waals surface area contributed by atoms with Crippen LogP contribution in [-0.4, -0.2) is 17.9 Å². The summed E-state index contributed by atoms with van der Waals surface area (Å²) in [6.45, 7) is 3.72. The minimum absolute atomic E-state index is 0.0109. The highest BCUT2D eigenvalue weighted by Gasteiger charge is 2.12. The molecule has 1 N–H and O–H groups in total. The van der Waals surface area contributed by atoms with E-state index in [1.165, 1.54) is 11.3 Å². The van der Waals surface area contributed by atoms with Crippen molar-refractivity contribution >= 4 is 33.1 Å². The summed E-state index contributed by atoms with van der Waals surface area (Å²) in [5.74, 6) is -0.0533. The molecule has 0 aliphatic rings. The number of rotatable bonds is 4. The van der Waals surface area contributed by atoms with Crippen LogP contribution < -0.4 is 10.2 Å². The summed E-state index contributed by atoms with van der Waals surface area (Å²) in [5, 5.41) is 4.44. The molecule has 0 spiro atoms. The van der Waals surface area contributed by atoms with Crippen LogP contribution in [0.15, 0.2) is 36.5 Å². The van der Waals surface area contributed by atoms with Gasteiger partial charge in [-0.2, -0.15) is 0 Å². The summed E-state index contributed by atoms with van der Waals surface area (Å²) in [5.41, 5.74) is 1.09. The van der Waals surface area contributed by atoms with Crippen molar-refractivity contribution in [3.05, 3.63) is 36.5 Å². The number of hydrogen-bond acceptors (Lipinski definition) is 4. The van der Waals surface area contributed by atoms with Gasteiger partial charge >= 0.3 is 0 Å². The molecule has 0 saturated carbocycles. The fourth-order valence-electron chi connectivity index (χ4n) is 1.51. The topological polar surface area (TPSA) is 45.2 Å². The predicted octanol–water partition coefficient (Wildman–Crippen LogP) is 3.51. The monoisotopic (exact) mass is 275 g/mol. The number of aromatic nitrogens is 1. The van der Waals surface area contributed by atoms with Gasteiger partial charge in [0.1, 0.15) is 5.00 Å². The molecule has 0 radical (unpaired) electrons. The van der Waals surface area contributed by atoms with Crippen LogP contribution >= 0.6 is 11.3 Å². The van der Waals surface area contributed by atoms with Crippen molar-refractivity contribution in [3.63, 3.8) is 0 Å². The zero-order valence-corrected chi connectivity index (χ0v) is 12.1. The third-order valence-electron chi connectivity index (χ3n) is 2.72. The zero-order valence-electron chi connectivity index (χ0n) is 11.3. The third kappa shape index (κ3) is 3.32. The second-order valence-corrected chi connectivity index (χ2v) is 5.55. The number of benzene rings is 1. The number of anilines is 3. The highest BCUT2D eigenvalue weighted by atomic mass is 32.1. The molecular weight excluding hydrogens is 258 g/mol. The van der Waals surface area contributed by atoms with E-state index in [2.05, 4.69) is 10.3 Å². The van der Waals surface area contributed by atoms with E-state index in [0.717, 1.165) is 10.7 Å². The molecule has 1 aromatic carbocycles. The van der Waals surface area contributed by atoms with Gasteiger partial charge in [-0.3, -0.25) is 4.79 Å². The third-order valence-corrected chi connectivity index (χ3v) is 3.71. The Morgan fingerprint density at radius 1 is 1.32 bits per heavy atom. The average Bonchev–Trinajstić information content (AvgIpc) is 2.87. The molecule has 0 unspecified atom stereocenters. The molecule has 0 aliphatic carbocycles. The van der Waals surface area contributed by atoms with E-state index in [1.807, 2.05) is 56.1 Å². The fourth-order valence-corrected chi connectivity index (χ4v) is 2.31. The van der Waals surface area contributed by atoms with E-state index in [9.17, 15) is 4.79 Å². The molecule has 5 heteroatoms. The van der Waals surface area contributed by atoms with Crippen LogP contribution in [0.2, 0.25) is 0 Å². The maximum absolute atomic E-state index is 11.6. The first-order chi connectivity index (χ1) is 9.08. The van der Waals surface area contributed by atoms with Gasteiger partial charge in [0.15, 0.2) is 5.13 Å². The smallest absolute Gasteiger partial charge is 0.228 e. The zero-order chi connectivity index (χ0) is 13.8. The Bertz CT molecular complexity index is 551. The van der Waals surface area contributed by atoms with Gasteiger partial charge in [-0.15, -0.1) is 0 Å². The SMILES string of the molecule is CC(C)C(=O)Nc1ncc(N(C)c2ccccc2)s1. The Morgan fingerprint density at radius 3 is 2.63 bits per heavy atom. The molecule has 2 rings (SSSR count). The molecule has 0 bridgehead atoms. The van der Waals surface area contributed by atoms with E-state index in [1.54, 1.807) is 6.20 Å². The largest absolute Gasteiger partial charge is 0.335 e. The molecule has 1 amide bonds. The van der Waals surface area contributed by atoms with Gasteiger partial charge in [-0.1, -0.05) is 43.4 Å². The number of para-hydroxylation sites is 1. The lowest BCUT2D eigenvalue weighted by atomic mass is 10.2. The van der Waals surface area contributed by atoms with Crippen molar-refractivity contribution < 1.29 is 4.79 Å². The number of nitrogens with zero attached hydrogens (tertiary/aromatic N) is 2. The van der Waals surface area contributed by atoms with Crippen molar-refractivity contribution in [2.45, 2.75) is 13.8 Å². The quantitative estimate of drug-likeness (QED) is 0.928. The van der Waals surface area contributed by atoms with Crippen LogP contribution in [0.1, 0.15) is 13.8 Å². The van der Waals surface area contributed by atoms with E-state index >= 15 is 0 Å². The molecule has 100 valence electrons. The van der Waals surface area contributed by atoms with Crippen LogP contribution in [0, 0.1) is 5.92 Å². The standard InChI is InChI=1S/C14H17N3OS/c1-10(2)13(18)16-14-15-9-12(19-14)17(3)11-7-5-4-6-8-11/h4-10H,1-3H3,(H,15,16,18). The molecule has 1 aromatic heterocycles. The summed E-state index contributed by atoms with van der Waals surface area (Å²) < 4.78 is 0. The summed E-state index contributed by atoms with van der Waals surface area (Å²) >= 11 is 1.46. The lowest BCUT2D eigenvalue weighted by molar-refractivity contribution is -0.118. The average molecular weight is 275 g/mol. The highest BCUT2D eigenvalue weighted by Crippen LogP contribution is 2.31. The predicted molar refractivity (Wildman–Crippen MR) is 80.1 cm³/mol. The van der Waals surface area contributed by atoms with E-state index in [0.29, 0.717) is 5.13 Å². The Kier molecular flexibility index (Phi) is 4.16. The van der Waals surface area contributed by atoms with Crippen molar-refractivity contribution in [3.8, 4) is 0 Å². The molecular formula is C14H17N3OS.